The SMILES string of the molecule is N#Cc1ccc(Oc2cncc3sc(C(=O)O)cc23)cc1. The zero-order chi connectivity index (χ0) is 14.8. The number of thiophene rings is 1. The van der Waals surface area contributed by atoms with Gasteiger partial charge in [0.15, 0.2) is 5.75 Å². The molecule has 1 aromatic carbocycles. The molecule has 2 aromatic heterocycles. The Hall–Kier alpha value is -2.91. The highest BCUT2D eigenvalue weighted by atomic mass is 32.1. The van der Waals surface area contributed by atoms with Crippen LogP contribution in [0.25, 0.3) is 10.1 Å². The molecule has 0 unspecified atom stereocenters. The summed E-state index contributed by atoms with van der Waals surface area (Å²) in [6, 6.07) is 10.3. The van der Waals surface area contributed by atoms with Crippen LogP contribution in [0, 0.1) is 11.3 Å². The number of carboxylic acid groups (broad SMARTS) is 1. The molecule has 0 aliphatic heterocycles. The van der Waals surface area contributed by atoms with Gasteiger partial charge in [0.2, 0.25) is 0 Å². The highest BCUT2D eigenvalue weighted by Crippen LogP contribution is 2.34. The summed E-state index contributed by atoms with van der Waals surface area (Å²) in [5.41, 5.74) is 0.544. The predicted molar refractivity (Wildman–Crippen MR) is 77.8 cm³/mol. The van der Waals surface area contributed by atoms with Gasteiger partial charge in [-0.15, -0.1) is 11.3 Å². The highest BCUT2D eigenvalue weighted by molar-refractivity contribution is 7.20. The molecule has 0 saturated carbocycles. The van der Waals surface area contributed by atoms with Crippen molar-refractivity contribution in [3.8, 4) is 17.6 Å². The van der Waals surface area contributed by atoms with E-state index in [1.54, 1.807) is 42.7 Å². The normalized spacial score (nSPS) is 10.2. The van der Waals surface area contributed by atoms with E-state index in [1.807, 2.05) is 6.07 Å². The molecule has 2 heterocycles. The van der Waals surface area contributed by atoms with Gasteiger partial charge >= 0.3 is 5.97 Å². The first kappa shape index (κ1) is 13.1. The molecule has 0 aliphatic carbocycles. The molecule has 0 aliphatic rings. The van der Waals surface area contributed by atoms with Crippen LogP contribution in [-0.2, 0) is 0 Å². The Labute approximate surface area is 123 Å². The molecule has 0 spiro atoms. The molecular weight excluding hydrogens is 288 g/mol. The number of aromatic carboxylic acids is 1. The van der Waals surface area contributed by atoms with E-state index in [9.17, 15) is 4.79 Å². The van der Waals surface area contributed by atoms with Gasteiger partial charge < -0.3 is 9.84 Å². The van der Waals surface area contributed by atoms with Gasteiger partial charge in [0.1, 0.15) is 10.6 Å². The summed E-state index contributed by atoms with van der Waals surface area (Å²) < 4.78 is 6.47. The van der Waals surface area contributed by atoms with Gasteiger partial charge in [-0.3, -0.25) is 4.98 Å². The number of nitrogens with zero attached hydrogens (tertiary/aromatic N) is 2. The Bertz CT molecular complexity index is 863. The van der Waals surface area contributed by atoms with E-state index in [4.69, 9.17) is 15.1 Å². The molecule has 0 saturated heterocycles. The summed E-state index contributed by atoms with van der Waals surface area (Å²) in [6.07, 6.45) is 3.15. The molecule has 6 heteroatoms. The number of nitriles is 1. The van der Waals surface area contributed by atoms with Gasteiger partial charge in [0.25, 0.3) is 0 Å². The maximum Gasteiger partial charge on any atom is 0.345 e. The van der Waals surface area contributed by atoms with Crippen LogP contribution in [0.4, 0.5) is 0 Å². The number of fused-ring (bicyclic) bond motifs is 1. The molecule has 0 fully saturated rings. The zero-order valence-electron chi connectivity index (χ0n) is 10.6. The van der Waals surface area contributed by atoms with Crippen LogP contribution in [0.1, 0.15) is 15.2 Å². The second-order valence-electron chi connectivity index (χ2n) is 4.20. The van der Waals surface area contributed by atoms with Gasteiger partial charge in [-0.1, -0.05) is 0 Å². The Kier molecular flexibility index (Phi) is 3.26. The van der Waals surface area contributed by atoms with Crippen molar-refractivity contribution >= 4 is 27.4 Å². The largest absolute Gasteiger partial charge is 0.477 e. The van der Waals surface area contributed by atoms with E-state index < -0.39 is 5.97 Å². The van der Waals surface area contributed by atoms with Crippen LogP contribution in [-0.4, -0.2) is 16.1 Å². The Morgan fingerprint density at radius 3 is 2.71 bits per heavy atom. The first-order valence-electron chi connectivity index (χ1n) is 5.96. The lowest BCUT2D eigenvalue weighted by atomic mass is 10.2. The number of ether oxygens (including phenoxy) is 1. The van der Waals surface area contributed by atoms with Gasteiger partial charge in [0, 0.05) is 11.6 Å². The lowest BCUT2D eigenvalue weighted by Gasteiger charge is -2.06. The first-order valence-corrected chi connectivity index (χ1v) is 6.78. The first-order chi connectivity index (χ1) is 10.2. The monoisotopic (exact) mass is 296 g/mol. The Balaban J connectivity index is 1.99. The van der Waals surface area contributed by atoms with Crippen molar-refractivity contribution in [3.63, 3.8) is 0 Å². The van der Waals surface area contributed by atoms with Crippen LogP contribution >= 0.6 is 11.3 Å². The van der Waals surface area contributed by atoms with E-state index in [1.165, 1.54) is 0 Å². The van der Waals surface area contributed by atoms with Crippen LogP contribution in [0.15, 0.2) is 42.7 Å². The van der Waals surface area contributed by atoms with E-state index in [0.717, 1.165) is 16.0 Å². The molecule has 21 heavy (non-hydrogen) atoms. The molecule has 0 radical (unpaired) electrons. The van der Waals surface area contributed by atoms with Gasteiger partial charge in [-0.25, -0.2) is 4.79 Å². The third kappa shape index (κ3) is 2.55. The molecule has 102 valence electrons. The zero-order valence-corrected chi connectivity index (χ0v) is 11.4. The Morgan fingerprint density at radius 2 is 2.05 bits per heavy atom. The summed E-state index contributed by atoms with van der Waals surface area (Å²) in [4.78, 5) is 15.3. The third-order valence-electron chi connectivity index (χ3n) is 2.83. The molecule has 1 N–H and O–H groups in total. The van der Waals surface area contributed by atoms with Crippen molar-refractivity contribution < 1.29 is 14.6 Å². The number of hydrogen-bond acceptors (Lipinski definition) is 5. The molecule has 0 atom stereocenters. The van der Waals surface area contributed by atoms with Crippen molar-refractivity contribution in [1.29, 1.82) is 5.26 Å². The van der Waals surface area contributed by atoms with E-state index in [-0.39, 0.29) is 4.88 Å². The quantitative estimate of drug-likeness (QED) is 0.797. The number of benzene rings is 1. The average molecular weight is 296 g/mol. The predicted octanol–water partition coefficient (Wildman–Crippen LogP) is 3.66. The standard InChI is InChI=1S/C15H8N2O3S/c16-6-9-1-3-10(4-2-9)20-12-7-17-8-14-11(12)5-13(21-14)15(18)19/h1-5,7-8H,(H,18,19). The van der Waals surface area contributed by atoms with Crippen molar-refractivity contribution in [2.75, 3.05) is 0 Å². The number of carboxylic acids is 1. The van der Waals surface area contributed by atoms with Gasteiger partial charge in [0.05, 0.1) is 22.5 Å². The van der Waals surface area contributed by atoms with E-state index in [0.29, 0.717) is 22.4 Å². The molecule has 3 aromatic rings. The number of rotatable bonds is 3. The molecule has 3 rings (SSSR count). The lowest BCUT2D eigenvalue weighted by molar-refractivity contribution is 0.0702. The number of hydrogen-bond donors (Lipinski definition) is 1. The Morgan fingerprint density at radius 1 is 1.29 bits per heavy atom. The van der Waals surface area contributed by atoms with Gasteiger partial charge in [-0.05, 0) is 30.3 Å². The maximum absolute atomic E-state index is 11.0. The topological polar surface area (TPSA) is 83.2 Å². The van der Waals surface area contributed by atoms with Crippen LogP contribution < -0.4 is 4.74 Å². The third-order valence-corrected chi connectivity index (χ3v) is 3.89. The summed E-state index contributed by atoms with van der Waals surface area (Å²) in [6.45, 7) is 0. The fourth-order valence-corrected chi connectivity index (χ4v) is 2.73. The van der Waals surface area contributed by atoms with Crippen molar-refractivity contribution in [2.24, 2.45) is 0 Å². The van der Waals surface area contributed by atoms with Crippen LogP contribution in [0.2, 0.25) is 0 Å². The smallest absolute Gasteiger partial charge is 0.345 e. The summed E-state index contributed by atoms with van der Waals surface area (Å²) in [5.74, 6) is 0.0767. The number of carbonyl (C=O) groups is 1. The minimum Gasteiger partial charge on any atom is -0.477 e. The summed E-state index contributed by atoms with van der Waals surface area (Å²) in [7, 11) is 0. The van der Waals surface area contributed by atoms with E-state index in [2.05, 4.69) is 4.98 Å². The second kappa shape index (κ2) is 5.23. The van der Waals surface area contributed by atoms with E-state index >= 15 is 0 Å². The average Bonchev–Trinajstić information content (AvgIpc) is 2.93. The number of aromatic nitrogens is 1. The fourth-order valence-electron chi connectivity index (χ4n) is 1.85. The van der Waals surface area contributed by atoms with Crippen molar-refractivity contribution in [2.45, 2.75) is 0 Å². The highest BCUT2D eigenvalue weighted by Gasteiger charge is 2.12. The van der Waals surface area contributed by atoms with Crippen molar-refractivity contribution in [1.82, 2.24) is 4.98 Å². The minimum absolute atomic E-state index is 0.239. The van der Waals surface area contributed by atoms with Crippen LogP contribution in [0.3, 0.4) is 0 Å². The second-order valence-corrected chi connectivity index (χ2v) is 5.29. The summed E-state index contributed by atoms with van der Waals surface area (Å²) >= 11 is 1.15. The molecule has 0 amide bonds. The number of pyridine rings is 1. The van der Waals surface area contributed by atoms with Crippen molar-refractivity contribution in [3.05, 3.63) is 53.2 Å². The fraction of sp³-hybridized carbons (Fsp3) is 0. The minimum atomic E-state index is -0.972. The van der Waals surface area contributed by atoms with Crippen LogP contribution in [0.5, 0.6) is 11.5 Å². The molecular formula is C15H8N2O3S. The lowest BCUT2D eigenvalue weighted by Crippen LogP contribution is -1.90. The molecule has 0 bridgehead atoms. The van der Waals surface area contributed by atoms with Gasteiger partial charge in [-0.2, -0.15) is 5.26 Å². The molecule has 5 nitrogen and oxygen atoms in total. The summed E-state index contributed by atoms with van der Waals surface area (Å²) in [5, 5.41) is 18.5. The maximum atomic E-state index is 11.0.